The third-order valence-corrected chi connectivity index (χ3v) is 4.90. The second kappa shape index (κ2) is 9.56. The number of ether oxygens (including phenoxy) is 3. The van der Waals surface area contributed by atoms with Crippen molar-refractivity contribution in [3.05, 3.63) is 23.2 Å². The minimum Gasteiger partial charge on any atom is -0.493 e. The van der Waals surface area contributed by atoms with Crippen LogP contribution in [0, 0.1) is 17.7 Å². The molecule has 2 aliphatic heterocycles. The van der Waals surface area contributed by atoms with Gasteiger partial charge in [-0.15, -0.1) is 0 Å². The number of fused-ring (bicyclic) bond motifs is 3. The lowest BCUT2D eigenvalue weighted by molar-refractivity contribution is -0.160. The quantitative estimate of drug-likeness (QED) is 0.664. The fourth-order valence-electron chi connectivity index (χ4n) is 3.21. The number of hydrogen-bond acceptors (Lipinski definition) is 6. The Bertz CT molecular complexity index is 1320. The Hall–Kier alpha value is -1.79. The molecule has 2 N–H and O–H groups in total. The van der Waals surface area contributed by atoms with Gasteiger partial charge < -0.3 is 19.9 Å². The Morgan fingerprint density at radius 2 is 2.13 bits per heavy atom. The molecule has 168 valence electrons. The van der Waals surface area contributed by atoms with Gasteiger partial charge in [-0.3, -0.25) is 9.69 Å². The van der Waals surface area contributed by atoms with Gasteiger partial charge in [0.2, 0.25) is 0 Å². The summed E-state index contributed by atoms with van der Waals surface area (Å²) in [4.78, 5) is 14.0. The third-order valence-electron chi connectivity index (χ3n) is 4.90. The molecule has 0 aromatic heterocycles. The van der Waals surface area contributed by atoms with Crippen molar-refractivity contribution in [3.8, 4) is 11.5 Å². The van der Waals surface area contributed by atoms with Crippen LogP contribution in [0.15, 0.2) is 12.1 Å². The third kappa shape index (κ3) is 4.75. The number of methoxy groups -OCH3 is 2. The number of carbonyl (C=O) groups excluding carboxylic acids is 1. The molecule has 0 radical (unpaired) electrons. The van der Waals surface area contributed by atoms with Gasteiger partial charge in [-0.2, -0.15) is 0 Å². The van der Waals surface area contributed by atoms with Gasteiger partial charge in [-0.05, 0) is 47.8 Å². The van der Waals surface area contributed by atoms with Crippen molar-refractivity contribution in [2.45, 2.75) is 65.0 Å². The fraction of sp³-hybridized carbons (Fsp3) is 0.708. The summed E-state index contributed by atoms with van der Waals surface area (Å²) < 4.78 is 139. The first-order chi connectivity index (χ1) is 19.7. The highest BCUT2D eigenvalue weighted by Crippen LogP contribution is 2.44. The number of carbonyl (C=O) groups is 1. The maximum atomic E-state index is 13.3. The number of nitrogens with zero attached hydrogens (tertiary/aromatic N) is 1. The van der Waals surface area contributed by atoms with Crippen molar-refractivity contribution in [1.29, 1.82) is 0 Å². The van der Waals surface area contributed by atoms with Gasteiger partial charge in [0.15, 0.2) is 11.5 Å². The first-order valence-corrected chi connectivity index (χ1v) is 9.68. The summed E-state index contributed by atoms with van der Waals surface area (Å²) in [6.07, 6.45) is -11.6. The lowest BCUT2D eigenvalue weighted by atomic mass is 9.79. The Morgan fingerprint density at radius 1 is 1.43 bits per heavy atom. The van der Waals surface area contributed by atoms with E-state index in [0.29, 0.717) is 11.8 Å². The van der Waals surface area contributed by atoms with Gasteiger partial charge in [-0.1, -0.05) is 27.6 Å². The average Bonchev–Trinajstić information content (AvgIpc) is 2.90. The van der Waals surface area contributed by atoms with Crippen LogP contribution < -0.4 is 15.2 Å². The molecule has 0 aliphatic carbocycles. The molecule has 1 aromatic rings. The van der Waals surface area contributed by atoms with Crippen LogP contribution in [0.2, 0.25) is 0 Å². The van der Waals surface area contributed by atoms with Gasteiger partial charge in [0, 0.05) is 46.4 Å². The van der Waals surface area contributed by atoms with Crippen molar-refractivity contribution in [3.63, 3.8) is 0 Å². The average molecular weight is 433 g/mol. The zero-order chi connectivity index (χ0) is 34.4. The number of benzene rings is 1. The van der Waals surface area contributed by atoms with E-state index < -0.39 is 80.5 Å². The predicted molar refractivity (Wildman–Crippen MR) is 118 cm³/mol. The molecule has 30 heavy (non-hydrogen) atoms. The first-order valence-electron chi connectivity index (χ1n) is 16.7. The molecular formula is C24H38N2O4. The van der Waals surface area contributed by atoms with Crippen LogP contribution in [0.25, 0.3) is 0 Å². The minimum atomic E-state index is -3.98. The minimum absolute atomic E-state index is 0.0226. The van der Waals surface area contributed by atoms with Gasteiger partial charge in [-0.25, -0.2) is 0 Å². The van der Waals surface area contributed by atoms with E-state index in [1.54, 1.807) is 0 Å². The van der Waals surface area contributed by atoms with Crippen molar-refractivity contribution in [1.82, 2.24) is 4.90 Å². The summed E-state index contributed by atoms with van der Waals surface area (Å²) in [5.41, 5.74) is 5.59. The maximum absolute atomic E-state index is 13.3. The topological polar surface area (TPSA) is 74.0 Å². The van der Waals surface area contributed by atoms with Crippen LogP contribution in [-0.2, 0) is 16.0 Å². The van der Waals surface area contributed by atoms with E-state index in [1.165, 1.54) is 21.0 Å². The SMILES string of the molecule is [2H]c1c2c(c([2H])c(OC)c1OC)C1N(CC2)C([2H])([2H])C([2H])(C([2H])([2H])C([2H])(C)C([2H])([2H])[2H])C([2H])(OC(=O)[C@@H](N)C(C)C)C1([2H])[2H]. The summed E-state index contributed by atoms with van der Waals surface area (Å²) >= 11 is 0. The first kappa shape index (κ1) is 10.7. The molecule has 1 fully saturated rings. The molecule has 6 heteroatoms. The summed E-state index contributed by atoms with van der Waals surface area (Å²) in [7, 11) is 2.38. The van der Waals surface area contributed by atoms with Crippen molar-refractivity contribution in [2.24, 2.45) is 23.4 Å². The molecule has 1 saturated heterocycles. The van der Waals surface area contributed by atoms with Gasteiger partial charge in [0.25, 0.3) is 0 Å². The van der Waals surface area contributed by atoms with E-state index >= 15 is 0 Å². The van der Waals surface area contributed by atoms with Crippen molar-refractivity contribution >= 4 is 5.97 Å². The normalized spacial score (nSPS) is 42.8. The fourth-order valence-corrected chi connectivity index (χ4v) is 3.21. The van der Waals surface area contributed by atoms with Crippen molar-refractivity contribution in [2.75, 3.05) is 27.3 Å². The summed E-state index contributed by atoms with van der Waals surface area (Å²) in [5, 5.41) is 0. The molecule has 2 heterocycles. The Labute approximate surface area is 200 Å². The highest BCUT2D eigenvalue weighted by atomic mass is 16.5. The number of hydrogen-bond donors (Lipinski definition) is 1. The molecule has 0 spiro atoms. The summed E-state index contributed by atoms with van der Waals surface area (Å²) in [6.45, 7) is -4.03. The highest BCUT2D eigenvalue weighted by molar-refractivity contribution is 5.76. The number of piperidine rings is 1. The summed E-state index contributed by atoms with van der Waals surface area (Å²) in [6, 6.07) is -4.49. The zero-order valence-corrected chi connectivity index (χ0v) is 17.8. The second-order valence-corrected chi connectivity index (χ2v) is 7.46. The van der Waals surface area contributed by atoms with Gasteiger partial charge >= 0.3 is 5.97 Å². The van der Waals surface area contributed by atoms with Gasteiger partial charge in [0.1, 0.15) is 12.1 Å². The monoisotopic (exact) mass is 432 g/mol. The Kier molecular flexibility index (Phi) is 3.41. The summed E-state index contributed by atoms with van der Waals surface area (Å²) in [5.74, 6) is -9.98. The lowest BCUT2D eigenvalue weighted by Gasteiger charge is -2.47. The van der Waals surface area contributed by atoms with E-state index in [9.17, 15) is 13.0 Å². The molecular weight excluding hydrogens is 380 g/mol. The van der Waals surface area contributed by atoms with Crippen LogP contribution >= 0.6 is 0 Å². The molecule has 4 unspecified atom stereocenters. The maximum Gasteiger partial charge on any atom is 0.323 e. The van der Waals surface area contributed by atoms with Gasteiger partial charge in [0.05, 0.1) is 18.3 Å². The molecule has 0 saturated carbocycles. The number of rotatable bonds is 7. The Morgan fingerprint density at radius 3 is 2.77 bits per heavy atom. The van der Waals surface area contributed by atoms with Crippen LogP contribution in [0.5, 0.6) is 11.5 Å². The lowest BCUT2D eigenvalue weighted by Crippen LogP contribution is -2.51. The van der Waals surface area contributed by atoms with Crippen molar-refractivity contribution < 1.29 is 38.2 Å². The molecule has 1 aromatic carbocycles. The van der Waals surface area contributed by atoms with Crippen LogP contribution in [-0.4, -0.2) is 50.3 Å². The molecule has 0 amide bonds. The molecule has 5 atom stereocenters. The molecule has 0 bridgehead atoms. The molecule has 2 aliphatic rings. The van der Waals surface area contributed by atoms with E-state index in [2.05, 4.69) is 0 Å². The number of nitrogens with two attached hydrogens (primary N) is 1. The van der Waals surface area contributed by atoms with Crippen LogP contribution in [0.1, 0.15) is 76.7 Å². The predicted octanol–water partition coefficient (Wildman–Crippen LogP) is 3.56. The Balaban J connectivity index is 2.54. The second-order valence-electron chi connectivity index (χ2n) is 7.46. The largest absolute Gasteiger partial charge is 0.493 e. The van der Waals surface area contributed by atoms with E-state index in [0.717, 1.165) is 7.11 Å². The van der Waals surface area contributed by atoms with E-state index in [4.69, 9.17) is 30.9 Å². The smallest absolute Gasteiger partial charge is 0.323 e. The molecule has 3 rings (SSSR count). The van der Waals surface area contributed by atoms with E-state index in [1.807, 2.05) is 0 Å². The van der Waals surface area contributed by atoms with E-state index in [-0.39, 0.29) is 35.1 Å². The zero-order valence-electron chi connectivity index (χ0n) is 31.8. The molecule has 6 nitrogen and oxygen atoms in total. The van der Waals surface area contributed by atoms with Crippen LogP contribution in [0.4, 0.5) is 0 Å². The standard InChI is InChI=1S/C24H38N2O4/c1-14(2)9-17-13-26-8-7-16-10-21(28-5)22(29-6)11-18(16)19(26)12-20(17)30-24(27)23(25)15(3)4/h10-11,14-15,17,19-20,23H,7-9,12-13,25H2,1-6H3/t17?,19?,20?,23-/m0/s1/i1D3,9D2,10D,11D,12D2,13D2,14D,17D,20D/t14?,17?,19?,20?,23-. The van der Waals surface area contributed by atoms with Crippen LogP contribution in [0.3, 0.4) is 0 Å². The number of esters is 1. The highest BCUT2D eigenvalue weighted by Gasteiger charge is 2.41.